The lowest BCUT2D eigenvalue weighted by Gasteiger charge is -2.19. The first-order chi connectivity index (χ1) is 6.65. The third-order valence-corrected chi connectivity index (χ3v) is 2.30. The lowest BCUT2D eigenvalue weighted by Crippen LogP contribution is -2.35. The summed E-state index contributed by atoms with van der Waals surface area (Å²) in [4.78, 5) is 11.0. The molecule has 0 aromatic heterocycles. The zero-order valence-corrected chi connectivity index (χ0v) is 9.13. The second-order valence-corrected chi connectivity index (χ2v) is 3.23. The van der Waals surface area contributed by atoms with Gasteiger partial charge in [0.15, 0.2) is 0 Å². The van der Waals surface area contributed by atoms with Gasteiger partial charge in [-0.25, -0.2) is 0 Å². The molecule has 0 bridgehead atoms. The van der Waals surface area contributed by atoms with E-state index in [1.165, 1.54) is 0 Å². The summed E-state index contributed by atoms with van der Waals surface area (Å²) in [6.45, 7) is 5.97. The molecular formula is C11H19NO2. The molecule has 0 saturated carbocycles. The number of hydrogen-bond acceptors (Lipinski definition) is 2. The van der Waals surface area contributed by atoms with Crippen molar-refractivity contribution >= 4 is 5.91 Å². The van der Waals surface area contributed by atoms with Crippen molar-refractivity contribution in [3.05, 3.63) is 0 Å². The first kappa shape index (κ1) is 13.0. The summed E-state index contributed by atoms with van der Waals surface area (Å²) in [6, 6.07) is 0. The normalized spacial score (nSPS) is 11.8. The summed E-state index contributed by atoms with van der Waals surface area (Å²) < 4.78 is 0. The average molecular weight is 197 g/mol. The van der Waals surface area contributed by atoms with Gasteiger partial charge in [0, 0.05) is 6.54 Å². The van der Waals surface area contributed by atoms with Crippen molar-refractivity contribution in [2.24, 2.45) is 5.92 Å². The summed E-state index contributed by atoms with van der Waals surface area (Å²) in [5, 5.41) is 12.2. The van der Waals surface area contributed by atoms with Crippen molar-refractivity contribution in [3.63, 3.8) is 0 Å². The van der Waals surface area contributed by atoms with Gasteiger partial charge in [0.1, 0.15) is 0 Å². The van der Waals surface area contributed by atoms with Crippen LogP contribution in [0.3, 0.4) is 0 Å². The van der Waals surface area contributed by atoms with Crippen LogP contribution in [0, 0.1) is 17.8 Å². The molecule has 1 unspecified atom stereocenters. The molecule has 14 heavy (non-hydrogen) atoms. The van der Waals surface area contributed by atoms with Gasteiger partial charge in [-0.3, -0.25) is 4.79 Å². The molecular weight excluding hydrogens is 178 g/mol. The standard InChI is InChI=1S/C11H19NO2/c1-4-7-11(14)12-8-10(13)9(5-2)6-3/h9-10,13H,5-6,8H2,1-3H3,(H,12,14). The van der Waals surface area contributed by atoms with Gasteiger partial charge in [0.25, 0.3) is 5.91 Å². The van der Waals surface area contributed by atoms with Gasteiger partial charge >= 0.3 is 0 Å². The van der Waals surface area contributed by atoms with E-state index < -0.39 is 6.10 Å². The van der Waals surface area contributed by atoms with E-state index in [1.807, 2.05) is 13.8 Å². The highest BCUT2D eigenvalue weighted by Gasteiger charge is 2.15. The maximum Gasteiger partial charge on any atom is 0.295 e. The number of rotatable bonds is 5. The zero-order valence-electron chi connectivity index (χ0n) is 9.13. The smallest absolute Gasteiger partial charge is 0.295 e. The topological polar surface area (TPSA) is 49.3 Å². The van der Waals surface area contributed by atoms with E-state index in [9.17, 15) is 9.90 Å². The highest BCUT2D eigenvalue weighted by Crippen LogP contribution is 2.11. The number of carbonyl (C=O) groups is 1. The van der Waals surface area contributed by atoms with Crippen LogP contribution in [0.25, 0.3) is 0 Å². The maximum absolute atomic E-state index is 11.0. The Kier molecular flexibility index (Phi) is 6.87. The fourth-order valence-electron chi connectivity index (χ4n) is 1.35. The van der Waals surface area contributed by atoms with Crippen LogP contribution in [0.2, 0.25) is 0 Å². The van der Waals surface area contributed by atoms with Crippen LogP contribution in [0.1, 0.15) is 33.6 Å². The SMILES string of the molecule is CC#CC(=O)NCC(O)C(CC)CC. The van der Waals surface area contributed by atoms with Crippen LogP contribution < -0.4 is 5.32 Å². The van der Waals surface area contributed by atoms with E-state index in [4.69, 9.17) is 0 Å². The minimum atomic E-state index is -0.465. The fraction of sp³-hybridized carbons (Fsp3) is 0.727. The highest BCUT2D eigenvalue weighted by atomic mass is 16.3. The second kappa shape index (κ2) is 7.40. The molecule has 0 heterocycles. The van der Waals surface area contributed by atoms with E-state index in [-0.39, 0.29) is 11.8 Å². The van der Waals surface area contributed by atoms with E-state index in [2.05, 4.69) is 17.2 Å². The molecule has 0 aromatic rings. The zero-order chi connectivity index (χ0) is 11.0. The molecule has 0 spiro atoms. The predicted molar refractivity (Wildman–Crippen MR) is 56.5 cm³/mol. The molecule has 1 amide bonds. The van der Waals surface area contributed by atoms with E-state index in [0.717, 1.165) is 12.8 Å². The predicted octanol–water partition coefficient (Wildman–Crippen LogP) is 0.923. The van der Waals surface area contributed by atoms with Gasteiger partial charge in [0.2, 0.25) is 0 Å². The van der Waals surface area contributed by atoms with Gasteiger partial charge < -0.3 is 10.4 Å². The van der Waals surface area contributed by atoms with Crippen molar-refractivity contribution in [3.8, 4) is 11.8 Å². The molecule has 0 aliphatic carbocycles. The summed E-state index contributed by atoms with van der Waals surface area (Å²) in [5.74, 6) is 4.80. The molecule has 2 N–H and O–H groups in total. The minimum absolute atomic E-state index is 0.255. The quantitative estimate of drug-likeness (QED) is 0.644. The van der Waals surface area contributed by atoms with Crippen LogP contribution in [0.15, 0.2) is 0 Å². The molecule has 0 aliphatic rings. The molecule has 0 fully saturated rings. The highest BCUT2D eigenvalue weighted by molar-refractivity contribution is 5.93. The number of amides is 1. The molecule has 80 valence electrons. The van der Waals surface area contributed by atoms with Crippen LogP contribution in [-0.2, 0) is 4.79 Å². The van der Waals surface area contributed by atoms with E-state index in [0.29, 0.717) is 6.54 Å². The Morgan fingerprint density at radius 3 is 2.43 bits per heavy atom. The summed E-state index contributed by atoms with van der Waals surface area (Å²) in [5.41, 5.74) is 0. The van der Waals surface area contributed by atoms with Crippen molar-refractivity contribution in [2.45, 2.75) is 39.7 Å². The molecule has 0 aliphatic heterocycles. The lowest BCUT2D eigenvalue weighted by atomic mass is 9.97. The third-order valence-electron chi connectivity index (χ3n) is 2.30. The molecule has 0 rings (SSSR count). The molecule has 0 saturated heterocycles. The maximum atomic E-state index is 11.0. The van der Waals surface area contributed by atoms with E-state index in [1.54, 1.807) is 6.92 Å². The number of aliphatic hydroxyl groups is 1. The number of aliphatic hydroxyl groups excluding tert-OH is 1. The number of hydrogen-bond donors (Lipinski definition) is 2. The van der Waals surface area contributed by atoms with Crippen molar-refractivity contribution in [2.75, 3.05) is 6.54 Å². The number of nitrogens with one attached hydrogen (secondary N) is 1. The van der Waals surface area contributed by atoms with Gasteiger partial charge in [0.05, 0.1) is 6.10 Å². The Bertz CT molecular complexity index is 223. The van der Waals surface area contributed by atoms with Crippen molar-refractivity contribution < 1.29 is 9.90 Å². The second-order valence-electron chi connectivity index (χ2n) is 3.23. The Labute approximate surface area is 85.9 Å². The lowest BCUT2D eigenvalue weighted by molar-refractivity contribution is -0.116. The Balaban J connectivity index is 3.86. The van der Waals surface area contributed by atoms with Gasteiger partial charge in [-0.05, 0) is 18.8 Å². The van der Waals surface area contributed by atoms with Gasteiger partial charge in [-0.15, -0.1) is 0 Å². The summed E-state index contributed by atoms with van der Waals surface area (Å²) in [7, 11) is 0. The van der Waals surface area contributed by atoms with Crippen LogP contribution >= 0.6 is 0 Å². The van der Waals surface area contributed by atoms with E-state index >= 15 is 0 Å². The average Bonchev–Trinajstić information content (AvgIpc) is 2.17. The Morgan fingerprint density at radius 2 is 2.00 bits per heavy atom. The summed E-state index contributed by atoms with van der Waals surface area (Å²) >= 11 is 0. The molecule has 0 radical (unpaired) electrons. The van der Waals surface area contributed by atoms with Gasteiger partial charge in [-0.2, -0.15) is 0 Å². The largest absolute Gasteiger partial charge is 0.391 e. The van der Waals surface area contributed by atoms with Crippen molar-refractivity contribution in [1.29, 1.82) is 0 Å². The van der Waals surface area contributed by atoms with Crippen LogP contribution in [-0.4, -0.2) is 23.7 Å². The van der Waals surface area contributed by atoms with Crippen LogP contribution in [0.5, 0.6) is 0 Å². The Hall–Kier alpha value is -1.01. The molecule has 3 nitrogen and oxygen atoms in total. The monoisotopic (exact) mass is 197 g/mol. The molecule has 3 heteroatoms. The van der Waals surface area contributed by atoms with Crippen molar-refractivity contribution in [1.82, 2.24) is 5.32 Å². The first-order valence-corrected chi connectivity index (χ1v) is 5.04. The summed E-state index contributed by atoms with van der Waals surface area (Å²) in [6.07, 6.45) is 1.38. The van der Waals surface area contributed by atoms with Gasteiger partial charge in [-0.1, -0.05) is 32.6 Å². The molecule has 0 aromatic carbocycles. The Morgan fingerprint density at radius 1 is 1.43 bits per heavy atom. The first-order valence-electron chi connectivity index (χ1n) is 5.04. The van der Waals surface area contributed by atoms with Crippen LogP contribution in [0.4, 0.5) is 0 Å². The minimum Gasteiger partial charge on any atom is -0.391 e. The molecule has 1 atom stereocenters. The number of carbonyl (C=O) groups excluding carboxylic acids is 1. The fourth-order valence-corrected chi connectivity index (χ4v) is 1.35. The third kappa shape index (κ3) is 4.88.